The monoisotopic (exact) mass is 356 g/mol. The van der Waals surface area contributed by atoms with E-state index in [-0.39, 0.29) is 18.6 Å². The lowest BCUT2D eigenvalue weighted by Crippen LogP contribution is -2.41. The van der Waals surface area contributed by atoms with E-state index in [1.165, 1.54) is 10.6 Å². The summed E-state index contributed by atoms with van der Waals surface area (Å²) in [5, 5.41) is 0. The summed E-state index contributed by atoms with van der Waals surface area (Å²) in [5.41, 5.74) is 0.874. The van der Waals surface area contributed by atoms with Crippen molar-refractivity contribution >= 4 is 15.9 Å². The van der Waals surface area contributed by atoms with E-state index in [0.29, 0.717) is 19.7 Å². The number of hydrogen-bond donors (Lipinski definition) is 0. The molecule has 1 atom stereocenters. The molecular formula is C15H24N4O4S. The quantitative estimate of drug-likeness (QED) is 0.760. The number of aromatic nitrogens is 2. The van der Waals surface area contributed by atoms with Gasteiger partial charge in [-0.25, -0.2) is 13.4 Å². The fourth-order valence-electron chi connectivity index (χ4n) is 3.41. The Kier molecular flexibility index (Phi) is 4.93. The highest BCUT2D eigenvalue weighted by Crippen LogP contribution is 2.27. The second kappa shape index (κ2) is 6.81. The number of rotatable bonds is 5. The first-order valence-electron chi connectivity index (χ1n) is 8.24. The zero-order valence-corrected chi connectivity index (χ0v) is 15.0. The van der Waals surface area contributed by atoms with E-state index in [4.69, 9.17) is 4.74 Å². The first kappa shape index (κ1) is 17.4. The standard InChI is InChI=1S/C15H24N4O4S/c1-12-15-16-9-13(18(15)7-8-19(12)24(2,21)22)10-23-11-14(20)17-5-3-4-6-17/h9,12H,3-8,10-11H2,1-2H3/t12-/m0/s1. The van der Waals surface area contributed by atoms with Crippen molar-refractivity contribution in [2.45, 2.75) is 39.0 Å². The summed E-state index contributed by atoms with van der Waals surface area (Å²) < 4.78 is 32.6. The van der Waals surface area contributed by atoms with Gasteiger partial charge in [0.25, 0.3) is 0 Å². The molecule has 2 aliphatic rings. The largest absolute Gasteiger partial charge is 0.365 e. The van der Waals surface area contributed by atoms with Crippen molar-refractivity contribution in [3.63, 3.8) is 0 Å². The minimum atomic E-state index is -3.25. The first-order valence-corrected chi connectivity index (χ1v) is 10.1. The zero-order valence-electron chi connectivity index (χ0n) is 14.1. The lowest BCUT2D eigenvalue weighted by atomic mass is 10.2. The number of amides is 1. The van der Waals surface area contributed by atoms with Gasteiger partial charge in [0.15, 0.2) is 0 Å². The summed E-state index contributed by atoms with van der Waals surface area (Å²) in [6.45, 7) is 4.82. The van der Waals surface area contributed by atoms with Crippen molar-refractivity contribution in [1.29, 1.82) is 0 Å². The number of fused-ring (bicyclic) bond motifs is 1. The predicted molar refractivity (Wildman–Crippen MR) is 87.7 cm³/mol. The van der Waals surface area contributed by atoms with Crippen LogP contribution in [-0.2, 0) is 32.7 Å². The molecule has 9 heteroatoms. The number of ether oxygens (including phenoxy) is 1. The summed E-state index contributed by atoms with van der Waals surface area (Å²) in [5.74, 6) is 0.749. The second-order valence-electron chi connectivity index (χ2n) is 6.39. The van der Waals surface area contributed by atoms with Crippen LogP contribution in [0.1, 0.15) is 37.3 Å². The number of imidazole rings is 1. The van der Waals surface area contributed by atoms with Crippen LogP contribution in [0.4, 0.5) is 0 Å². The highest BCUT2D eigenvalue weighted by Gasteiger charge is 2.32. The van der Waals surface area contributed by atoms with Gasteiger partial charge in [0.2, 0.25) is 15.9 Å². The second-order valence-corrected chi connectivity index (χ2v) is 8.32. The molecule has 134 valence electrons. The van der Waals surface area contributed by atoms with Gasteiger partial charge in [0.05, 0.1) is 30.8 Å². The molecule has 0 aromatic carbocycles. The highest BCUT2D eigenvalue weighted by molar-refractivity contribution is 7.88. The molecule has 0 saturated carbocycles. The van der Waals surface area contributed by atoms with E-state index in [2.05, 4.69) is 4.98 Å². The Morgan fingerprint density at radius 3 is 2.67 bits per heavy atom. The number of nitrogens with zero attached hydrogens (tertiary/aromatic N) is 4. The molecule has 0 N–H and O–H groups in total. The summed E-state index contributed by atoms with van der Waals surface area (Å²) in [4.78, 5) is 18.2. The Hall–Kier alpha value is -1.45. The number of sulfonamides is 1. The molecule has 0 aliphatic carbocycles. The van der Waals surface area contributed by atoms with Gasteiger partial charge in [-0.1, -0.05) is 0 Å². The zero-order chi connectivity index (χ0) is 17.3. The number of likely N-dealkylation sites (tertiary alicyclic amines) is 1. The molecule has 1 amide bonds. The van der Waals surface area contributed by atoms with Gasteiger partial charge < -0.3 is 14.2 Å². The number of carbonyl (C=O) groups is 1. The van der Waals surface area contributed by atoms with Gasteiger partial charge in [0, 0.05) is 26.2 Å². The summed E-state index contributed by atoms with van der Waals surface area (Å²) in [6, 6.07) is -0.297. The van der Waals surface area contributed by atoms with Crippen LogP contribution in [0.25, 0.3) is 0 Å². The molecule has 8 nitrogen and oxygen atoms in total. The predicted octanol–water partition coefficient (Wildman–Crippen LogP) is 0.358. The topological polar surface area (TPSA) is 84.7 Å². The van der Waals surface area contributed by atoms with Crippen LogP contribution in [0.5, 0.6) is 0 Å². The molecule has 0 unspecified atom stereocenters. The van der Waals surface area contributed by atoms with Gasteiger partial charge in [-0.3, -0.25) is 4.79 Å². The van der Waals surface area contributed by atoms with Gasteiger partial charge in [-0.15, -0.1) is 0 Å². The molecule has 0 radical (unpaired) electrons. The molecule has 2 aliphatic heterocycles. The molecule has 1 saturated heterocycles. The van der Waals surface area contributed by atoms with Gasteiger partial charge in [0.1, 0.15) is 12.4 Å². The molecule has 3 heterocycles. The summed E-state index contributed by atoms with van der Waals surface area (Å²) in [7, 11) is -3.25. The minimum Gasteiger partial charge on any atom is -0.365 e. The molecule has 1 fully saturated rings. The molecular weight excluding hydrogens is 332 g/mol. The molecule has 3 rings (SSSR count). The first-order chi connectivity index (χ1) is 11.4. The third-order valence-corrected chi connectivity index (χ3v) is 6.03. The Balaban J connectivity index is 1.60. The maximum atomic E-state index is 12.0. The van der Waals surface area contributed by atoms with Crippen LogP contribution >= 0.6 is 0 Å². The average molecular weight is 356 g/mol. The van der Waals surface area contributed by atoms with Crippen LogP contribution in [0, 0.1) is 0 Å². The lowest BCUT2D eigenvalue weighted by Gasteiger charge is -2.32. The SMILES string of the molecule is C[C@H]1c2ncc(COCC(=O)N3CCCC3)n2CCN1S(C)(=O)=O. The summed E-state index contributed by atoms with van der Waals surface area (Å²) >= 11 is 0. The van der Waals surface area contributed by atoms with E-state index in [0.717, 1.165) is 37.4 Å². The number of hydrogen-bond acceptors (Lipinski definition) is 5. The van der Waals surface area contributed by atoms with Crippen molar-refractivity contribution in [3.05, 3.63) is 17.7 Å². The molecule has 1 aromatic heterocycles. The van der Waals surface area contributed by atoms with E-state index >= 15 is 0 Å². The van der Waals surface area contributed by atoms with Crippen LogP contribution < -0.4 is 0 Å². The molecule has 0 bridgehead atoms. The third-order valence-electron chi connectivity index (χ3n) is 4.68. The van der Waals surface area contributed by atoms with Crippen LogP contribution in [0.15, 0.2) is 6.20 Å². The van der Waals surface area contributed by atoms with Crippen LogP contribution in [-0.4, -0.2) is 65.6 Å². The molecule has 0 spiro atoms. The Morgan fingerprint density at radius 1 is 1.29 bits per heavy atom. The Labute approximate surface area is 142 Å². The average Bonchev–Trinajstić information content (AvgIpc) is 3.16. The highest BCUT2D eigenvalue weighted by atomic mass is 32.2. The third kappa shape index (κ3) is 3.47. The maximum Gasteiger partial charge on any atom is 0.248 e. The smallest absolute Gasteiger partial charge is 0.248 e. The Morgan fingerprint density at radius 2 is 2.00 bits per heavy atom. The summed E-state index contributed by atoms with van der Waals surface area (Å²) in [6.07, 6.45) is 5.06. The number of carbonyl (C=O) groups excluding carboxylic acids is 1. The van der Waals surface area contributed by atoms with E-state index in [9.17, 15) is 13.2 Å². The fraction of sp³-hybridized carbons (Fsp3) is 0.733. The van der Waals surface area contributed by atoms with Gasteiger partial charge >= 0.3 is 0 Å². The molecule has 24 heavy (non-hydrogen) atoms. The fourth-order valence-corrected chi connectivity index (χ4v) is 4.49. The van der Waals surface area contributed by atoms with E-state index in [1.54, 1.807) is 6.20 Å². The van der Waals surface area contributed by atoms with Crippen LogP contribution in [0.2, 0.25) is 0 Å². The van der Waals surface area contributed by atoms with E-state index < -0.39 is 10.0 Å². The molecule has 1 aromatic rings. The van der Waals surface area contributed by atoms with Crippen molar-refractivity contribution in [2.24, 2.45) is 0 Å². The van der Waals surface area contributed by atoms with Crippen LogP contribution in [0.3, 0.4) is 0 Å². The normalized spacial score (nSPS) is 21.9. The van der Waals surface area contributed by atoms with Crippen molar-refractivity contribution < 1.29 is 17.9 Å². The van der Waals surface area contributed by atoms with E-state index in [1.807, 2.05) is 16.4 Å². The maximum absolute atomic E-state index is 12.0. The van der Waals surface area contributed by atoms with Crippen molar-refractivity contribution in [2.75, 3.05) is 32.5 Å². The Bertz CT molecular complexity index is 709. The van der Waals surface area contributed by atoms with Gasteiger partial charge in [-0.05, 0) is 19.8 Å². The van der Waals surface area contributed by atoms with Crippen molar-refractivity contribution in [1.82, 2.24) is 18.8 Å². The minimum absolute atomic E-state index is 0.0301. The van der Waals surface area contributed by atoms with Crippen molar-refractivity contribution in [3.8, 4) is 0 Å². The van der Waals surface area contributed by atoms with Gasteiger partial charge in [-0.2, -0.15) is 4.31 Å². The lowest BCUT2D eigenvalue weighted by molar-refractivity contribution is -0.135.